The Morgan fingerprint density at radius 3 is 2.58 bits per heavy atom. The van der Waals surface area contributed by atoms with E-state index in [9.17, 15) is 9.59 Å². The maximum Gasteiger partial charge on any atom is 0.315 e. The van der Waals surface area contributed by atoms with Crippen molar-refractivity contribution < 1.29 is 14.7 Å². The van der Waals surface area contributed by atoms with E-state index in [1.165, 1.54) is 12.2 Å². The van der Waals surface area contributed by atoms with Gasteiger partial charge in [-0.1, -0.05) is 18.2 Å². The first kappa shape index (κ1) is 10.7. The third-order valence-corrected chi connectivity index (χ3v) is 1.41. The summed E-state index contributed by atoms with van der Waals surface area (Å²) in [5.41, 5.74) is 0.167. The minimum absolute atomic E-state index is 0. The fraction of sp³-hybridized carbons (Fsp3) is 0.125. The van der Waals surface area contributed by atoms with E-state index in [1.807, 2.05) is 0 Å². The fourth-order valence-corrected chi connectivity index (χ4v) is 0.855. The molecule has 1 aliphatic rings. The highest BCUT2D eigenvalue weighted by Crippen LogP contribution is 2.15. The molecule has 64 valence electrons. The van der Waals surface area contributed by atoms with Gasteiger partial charge in [0.15, 0.2) is 0 Å². The van der Waals surface area contributed by atoms with Gasteiger partial charge in [-0.2, -0.15) is 0 Å². The highest BCUT2D eigenvalue weighted by molar-refractivity contribution is 5.85. The van der Waals surface area contributed by atoms with E-state index < -0.39 is 11.9 Å². The monoisotopic (exact) mass is 186 g/mol. The zero-order valence-electron chi connectivity index (χ0n) is 6.06. The SMILES string of the molecule is Cl.O=C=C1C=CC=CC1C(=O)O. The summed E-state index contributed by atoms with van der Waals surface area (Å²) in [4.78, 5) is 20.6. The third-order valence-electron chi connectivity index (χ3n) is 1.41. The van der Waals surface area contributed by atoms with Crippen LogP contribution >= 0.6 is 12.4 Å². The van der Waals surface area contributed by atoms with Gasteiger partial charge in [0.25, 0.3) is 0 Å². The van der Waals surface area contributed by atoms with E-state index in [0.29, 0.717) is 0 Å². The van der Waals surface area contributed by atoms with Crippen LogP contribution in [-0.4, -0.2) is 17.0 Å². The van der Waals surface area contributed by atoms with E-state index in [2.05, 4.69) is 0 Å². The predicted octanol–water partition coefficient (Wildman–Crippen LogP) is 0.993. The van der Waals surface area contributed by atoms with Gasteiger partial charge in [0.2, 0.25) is 0 Å². The van der Waals surface area contributed by atoms with Crippen LogP contribution in [0.3, 0.4) is 0 Å². The van der Waals surface area contributed by atoms with Gasteiger partial charge >= 0.3 is 5.97 Å². The second-order valence-corrected chi connectivity index (χ2v) is 2.12. The number of hydrogen-bond donors (Lipinski definition) is 1. The number of hydrogen-bond acceptors (Lipinski definition) is 2. The first-order valence-electron chi connectivity index (χ1n) is 3.08. The van der Waals surface area contributed by atoms with Crippen LogP contribution in [-0.2, 0) is 9.59 Å². The van der Waals surface area contributed by atoms with Crippen molar-refractivity contribution in [2.24, 2.45) is 5.92 Å². The standard InChI is InChI=1S/C8H6O3.ClH/c9-5-6-3-1-2-4-7(6)8(10)11;/h1-4,7H,(H,10,11);1H. The molecule has 3 nitrogen and oxygen atoms in total. The maximum atomic E-state index is 10.4. The maximum absolute atomic E-state index is 10.4. The Hall–Kier alpha value is -1.31. The van der Waals surface area contributed by atoms with Gasteiger partial charge in [-0.25, -0.2) is 4.79 Å². The Balaban J connectivity index is 0.00000121. The Morgan fingerprint density at radius 2 is 2.17 bits per heavy atom. The smallest absolute Gasteiger partial charge is 0.315 e. The largest absolute Gasteiger partial charge is 0.481 e. The molecule has 0 bridgehead atoms. The molecule has 0 saturated heterocycles. The highest BCUT2D eigenvalue weighted by atomic mass is 35.5. The lowest BCUT2D eigenvalue weighted by atomic mass is 9.96. The molecule has 0 spiro atoms. The second kappa shape index (κ2) is 4.54. The molecule has 0 heterocycles. The lowest BCUT2D eigenvalue weighted by molar-refractivity contribution is -0.138. The quantitative estimate of drug-likeness (QED) is 0.622. The number of carboxylic acids is 1. The van der Waals surface area contributed by atoms with Crippen molar-refractivity contribution in [3.05, 3.63) is 29.9 Å². The zero-order valence-corrected chi connectivity index (χ0v) is 6.88. The van der Waals surface area contributed by atoms with E-state index in [0.717, 1.165) is 0 Å². The molecule has 0 amide bonds. The molecular formula is C8H7ClO3. The van der Waals surface area contributed by atoms with Crippen LogP contribution in [0, 0.1) is 5.92 Å². The summed E-state index contributed by atoms with van der Waals surface area (Å²) in [7, 11) is 0. The Kier molecular flexibility index (Phi) is 4.05. The van der Waals surface area contributed by atoms with Crippen LogP contribution in [0.5, 0.6) is 0 Å². The molecule has 4 heteroatoms. The summed E-state index contributed by atoms with van der Waals surface area (Å²) in [5.74, 6) is -0.263. The molecule has 0 radical (unpaired) electrons. The van der Waals surface area contributed by atoms with E-state index in [4.69, 9.17) is 5.11 Å². The van der Waals surface area contributed by atoms with Crippen LogP contribution in [0.1, 0.15) is 0 Å². The van der Waals surface area contributed by atoms with Crippen molar-refractivity contribution in [2.45, 2.75) is 0 Å². The molecule has 0 aromatic heterocycles. The van der Waals surface area contributed by atoms with Crippen molar-refractivity contribution >= 4 is 24.3 Å². The summed E-state index contributed by atoms with van der Waals surface area (Å²) in [6, 6.07) is 0. The normalized spacial score (nSPS) is 19.7. The molecule has 12 heavy (non-hydrogen) atoms. The van der Waals surface area contributed by atoms with Gasteiger partial charge < -0.3 is 5.11 Å². The van der Waals surface area contributed by atoms with Crippen LogP contribution in [0.2, 0.25) is 0 Å². The number of carbonyl (C=O) groups excluding carboxylic acids is 1. The molecule has 1 aliphatic carbocycles. The van der Waals surface area contributed by atoms with Gasteiger partial charge in [-0.3, -0.25) is 4.79 Å². The molecule has 0 aliphatic heterocycles. The van der Waals surface area contributed by atoms with Gasteiger partial charge in [-0.15, -0.1) is 12.4 Å². The van der Waals surface area contributed by atoms with Crippen molar-refractivity contribution in [1.82, 2.24) is 0 Å². The Morgan fingerprint density at radius 1 is 1.50 bits per heavy atom. The average molecular weight is 187 g/mol. The molecule has 1 atom stereocenters. The van der Waals surface area contributed by atoms with Gasteiger partial charge in [0.05, 0.1) is 5.57 Å². The van der Waals surface area contributed by atoms with Gasteiger partial charge in [0.1, 0.15) is 11.9 Å². The summed E-state index contributed by atoms with van der Waals surface area (Å²) < 4.78 is 0. The van der Waals surface area contributed by atoms with E-state index in [-0.39, 0.29) is 18.0 Å². The lowest BCUT2D eigenvalue weighted by Gasteiger charge is -2.06. The first-order chi connectivity index (χ1) is 5.25. The van der Waals surface area contributed by atoms with Crippen molar-refractivity contribution in [3.63, 3.8) is 0 Å². The summed E-state index contributed by atoms with van der Waals surface area (Å²) in [5, 5.41) is 8.55. The number of aliphatic carboxylic acids is 1. The molecular weight excluding hydrogens is 180 g/mol. The first-order valence-corrected chi connectivity index (χ1v) is 3.08. The predicted molar refractivity (Wildman–Crippen MR) is 45.9 cm³/mol. The fourth-order valence-electron chi connectivity index (χ4n) is 0.855. The van der Waals surface area contributed by atoms with Gasteiger partial charge in [-0.05, 0) is 6.08 Å². The molecule has 0 aromatic rings. The molecule has 0 saturated carbocycles. The minimum Gasteiger partial charge on any atom is -0.481 e. The van der Waals surface area contributed by atoms with Crippen LogP contribution < -0.4 is 0 Å². The number of rotatable bonds is 1. The second-order valence-electron chi connectivity index (χ2n) is 2.12. The zero-order chi connectivity index (χ0) is 8.27. The van der Waals surface area contributed by atoms with Crippen molar-refractivity contribution in [2.75, 3.05) is 0 Å². The third kappa shape index (κ3) is 2.09. The van der Waals surface area contributed by atoms with E-state index in [1.54, 1.807) is 18.1 Å². The van der Waals surface area contributed by atoms with Crippen LogP contribution in [0.15, 0.2) is 29.9 Å². The molecule has 1 N–H and O–H groups in total. The van der Waals surface area contributed by atoms with Crippen LogP contribution in [0.4, 0.5) is 0 Å². The molecule has 0 fully saturated rings. The van der Waals surface area contributed by atoms with Gasteiger partial charge in [0, 0.05) is 0 Å². The molecule has 1 unspecified atom stereocenters. The highest BCUT2D eigenvalue weighted by Gasteiger charge is 2.19. The summed E-state index contributed by atoms with van der Waals surface area (Å²) in [6.07, 6.45) is 6.10. The number of halogens is 1. The summed E-state index contributed by atoms with van der Waals surface area (Å²) >= 11 is 0. The van der Waals surface area contributed by atoms with Crippen LogP contribution in [0.25, 0.3) is 0 Å². The van der Waals surface area contributed by atoms with Crippen molar-refractivity contribution in [1.29, 1.82) is 0 Å². The minimum atomic E-state index is -1.02. The number of carboxylic acid groups (broad SMARTS) is 1. The average Bonchev–Trinajstić information content (AvgIpc) is 2.04. The molecule has 0 aromatic carbocycles. The Bertz CT molecular complexity index is 285. The number of allylic oxidation sites excluding steroid dienone is 3. The number of carbonyl (C=O) groups is 1. The Labute approximate surface area is 75.5 Å². The topological polar surface area (TPSA) is 54.4 Å². The lowest BCUT2D eigenvalue weighted by Crippen LogP contribution is -2.14. The summed E-state index contributed by atoms with van der Waals surface area (Å²) in [6.45, 7) is 0. The van der Waals surface area contributed by atoms with Crippen molar-refractivity contribution in [3.8, 4) is 0 Å². The molecule has 1 rings (SSSR count). The van der Waals surface area contributed by atoms with E-state index >= 15 is 0 Å².